The summed E-state index contributed by atoms with van der Waals surface area (Å²) in [6.45, 7) is 6.99. The summed E-state index contributed by atoms with van der Waals surface area (Å²) in [6.07, 6.45) is 8.39. The van der Waals surface area contributed by atoms with Crippen LogP contribution in [-0.2, 0) is 35.0 Å². The number of amides is 5. The van der Waals surface area contributed by atoms with Crippen molar-refractivity contribution < 1.29 is 28.7 Å². The molecule has 2 aliphatic carbocycles. The van der Waals surface area contributed by atoms with Gasteiger partial charge >= 0.3 is 0 Å². The van der Waals surface area contributed by atoms with Crippen molar-refractivity contribution in [2.75, 3.05) is 26.6 Å². The summed E-state index contributed by atoms with van der Waals surface area (Å²) < 4.78 is 7.28. The van der Waals surface area contributed by atoms with Crippen molar-refractivity contribution >= 4 is 58.0 Å². The number of ether oxygens (including phenoxy) is 1. The number of carbonyl (C=O) groups is 5. The second-order valence-electron chi connectivity index (χ2n) is 12.7. The highest BCUT2D eigenvalue weighted by Gasteiger charge is 2.60. The highest BCUT2D eigenvalue weighted by Crippen LogP contribution is 2.65. The molecule has 11 nitrogen and oxygen atoms in total. The van der Waals surface area contributed by atoms with Gasteiger partial charge in [-0.1, -0.05) is 37.8 Å². The average Bonchev–Trinajstić information content (AvgIpc) is 2.95. The maximum atomic E-state index is 12.8. The van der Waals surface area contributed by atoms with Gasteiger partial charge in [-0.3, -0.25) is 24.0 Å². The zero-order chi connectivity index (χ0) is 32.5. The van der Waals surface area contributed by atoms with Gasteiger partial charge in [0.1, 0.15) is 17.0 Å². The van der Waals surface area contributed by atoms with Crippen LogP contribution in [0.1, 0.15) is 104 Å². The number of nitrogens with one attached hydrogen (secondary N) is 5. The number of hydrogen-bond acceptors (Lipinski definition) is 6. The fourth-order valence-corrected chi connectivity index (χ4v) is 8.07. The molecule has 45 heavy (non-hydrogen) atoms. The lowest BCUT2D eigenvalue weighted by Crippen LogP contribution is -2.57. The quantitative estimate of drug-likeness (QED) is 0.262. The first-order chi connectivity index (χ1) is 21.4. The van der Waals surface area contributed by atoms with Gasteiger partial charge in [0, 0.05) is 57.1 Å². The van der Waals surface area contributed by atoms with E-state index in [9.17, 15) is 24.0 Å². The first-order valence-electron chi connectivity index (χ1n) is 15.8. The lowest BCUT2D eigenvalue weighted by atomic mass is 9.51. The fraction of sp³-hybridized carbons (Fsp3) is 0.500. The molecule has 0 aromatic heterocycles. The summed E-state index contributed by atoms with van der Waals surface area (Å²) in [5.74, 6) is -1.10. The normalized spacial score (nSPS) is 21.3. The van der Waals surface area contributed by atoms with Crippen LogP contribution < -0.4 is 31.3 Å². The summed E-state index contributed by atoms with van der Waals surface area (Å²) in [7, 11) is 0. The smallest absolute Gasteiger partial charge is 0.221 e. The summed E-state index contributed by atoms with van der Waals surface area (Å²) in [4.78, 5) is 62.2. The van der Waals surface area contributed by atoms with E-state index in [0.717, 1.165) is 56.9 Å². The topological polar surface area (TPSA) is 155 Å². The number of hydrogen-bond donors (Lipinski definition) is 5. The molecule has 240 valence electrons. The van der Waals surface area contributed by atoms with Gasteiger partial charge in [0.05, 0.1) is 22.7 Å². The molecule has 1 heterocycles. The lowest BCUT2D eigenvalue weighted by molar-refractivity contribution is -0.115. The van der Waals surface area contributed by atoms with E-state index in [1.807, 2.05) is 18.2 Å². The monoisotopic (exact) mass is 617 g/mol. The Morgan fingerprint density at radius 2 is 1.07 bits per heavy atom. The van der Waals surface area contributed by atoms with E-state index in [0.29, 0.717) is 40.5 Å². The summed E-state index contributed by atoms with van der Waals surface area (Å²) in [6, 6.07) is 7.49. The minimum atomic E-state index is -0.968. The molecule has 5 rings (SSSR count). The maximum Gasteiger partial charge on any atom is 0.221 e. The van der Waals surface area contributed by atoms with Crippen molar-refractivity contribution in [2.24, 2.45) is 5.92 Å². The Morgan fingerprint density at radius 1 is 0.578 bits per heavy atom. The predicted molar refractivity (Wildman–Crippen MR) is 173 cm³/mol. The molecule has 5 amide bonds. The van der Waals surface area contributed by atoms with Crippen LogP contribution in [0.3, 0.4) is 0 Å². The average molecular weight is 618 g/mol. The van der Waals surface area contributed by atoms with Crippen molar-refractivity contribution in [3.63, 3.8) is 0 Å². The molecular formula is C34H43N5O6. The third-order valence-corrected chi connectivity index (χ3v) is 9.43. The van der Waals surface area contributed by atoms with E-state index >= 15 is 0 Å². The summed E-state index contributed by atoms with van der Waals surface area (Å²) >= 11 is 0. The molecule has 0 radical (unpaired) electrons. The first kappa shape index (κ1) is 32.0. The van der Waals surface area contributed by atoms with Crippen LogP contribution in [0, 0.1) is 5.92 Å². The predicted octanol–water partition coefficient (Wildman–Crippen LogP) is 6.16. The van der Waals surface area contributed by atoms with Crippen molar-refractivity contribution in [1.29, 1.82) is 0 Å². The Kier molecular flexibility index (Phi) is 8.91. The lowest BCUT2D eigenvalue weighted by Gasteiger charge is -2.59. The molecule has 2 atom stereocenters. The van der Waals surface area contributed by atoms with E-state index in [1.54, 1.807) is 6.07 Å². The Balaban J connectivity index is 1.85. The zero-order valence-corrected chi connectivity index (χ0v) is 26.7. The minimum absolute atomic E-state index is 0.00708. The second kappa shape index (κ2) is 12.5. The summed E-state index contributed by atoms with van der Waals surface area (Å²) in [5.41, 5.74) is 2.28. The van der Waals surface area contributed by atoms with E-state index in [2.05, 4.69) is 26.6 Å². The Bertz CT molecular complexity index is 1560. The van der Waals surface area contributed by atoms with Gasteiger partial charge in [0.2, 0.25) is 29.5 Å². The molecule has 1 spiro atoms. The van der Waals surface area contributed by atoms with Gasteiger partial charge in [-0.2, -0.15) is 0 Å². The van der Waals surface area contributed by atoms with Crippen molar-refractivity contribution in [2.45, 2.75) is 103 Å². The van der Waals surface area contributed by atoms with Crippen molar-refractivity contribution in [1.82, 2.24) is 0 Å². The fourth-order valence-electron chi connectivity index (χ4n) is 8.07. The van der Waals surface area contributed by atoms with E-state index in [4.69, 9.17) is 4.74 Å². The highest BCUT2D eigenvalue weighted by molar-refractivity contribution is 6.06. The van der Waals surface area contributed by atoms with Crippen LogP contribution in [0.2, 0.25) is 0 Å². The van der Waals surface area contributed by atoms with Gasteiger partial charge < -0.3 is 31.3 Å². The standard InChI is InChI=1S/C34H43N5O6/c1-19(40)35-26-14-12-24(29(37-21(3)42)30(26)38-22(4)43)34-18-10-7-11-28(34)33(16-8-6-9-17-33)25-13-15-27(36-20(2)41)31(32(25)45-34)39-23(5)44/h12-15,28H,6-11,16-18H2,1-5H3,(H,35,40)(H,36,41)(H,37,42)(H,38,43)(H,39,44). The number of carbonyl (C=O) groups excluding carboxylic acids is 5. The van der Waals surface area contributed by atoms with Crippen LogP contribution in [0.5, 0.6) is 5.75 Å². The second-order valence-corrected chi connectivity index (χ2v) is 12.7. The first-order valence-corrected chi connectivity index (χ1v) is 15.8. The molecule has 0 bridgehead atoms. The van der Waals surface area contributed by atoms with Crippen LogP contribution in [-0.4, -0.2) is 29.5 Å². The number of rotatable bonds is 6. The molecule has 11 heteroatoms. The molecule has 2 saturated carbocycles. The highest BCUT2D eigenvalue weighted by atomic mass is 16.5. The number of benzene rings is 2. The van der Waals surface area contributed by atoms with Crippen molar-refractivity contribution in [3.8, 4) is 5.75 Å². The van der Waals surface area contributed by atoms with Gasteiger partial charge in [0.15, 0.2) is 0 Å². The molecule has 2 fully saturated rings. The minimum Gasteiger partial charge on any atom is -0.480 e. The summed E-state index contributed by atoms with van der Waals surface area (Å²) in [5, 5.41) is 14.4. The molecule has 2 unspecified atom stereocenters. The third-order valence-electron chi connectivity index (χ3n) is 9.43. The van der Waals surface area contributed by atoms with E-state index in [-0.39, 0.29) is 46.6 Å². The third kappa shape index (κ3) is 6.00. The van der Waals surface area contributed by atoms with Crippen LogP contribution in [0.25, 0.3) is 0 Å². The Hall–Kier alpha value is -4.41. The Morgan fingerprint density at radius 3 is 1.64 bits per heavy atom. The van der Waals surface area contributed by atoms with Gasteiger partial charge in [-0.25, -0.2) is 0 Å². The molecule has 1 aliphatic heterocycles. The molecule has 3 aliphatic rings. The SMILES string of the molecule is CC(=O)Nc1ccc(C23CCCCC2C2(CCCCC2)c2ccc(NC(C)=O)c(NC(C)=O)c2O3)c(NC(C)=O)c1NC(C)=O. The van der Waals surface area contributed by atoms with Gasteiger partial charge in [0.25, 0.3) is 0 Å². The van der Waals surface area contributed by atoms with E-state index < -0.39 is 5.60 Å². The van der Waals surface area contributed by atoms with Crippen molar-refractivity contribution in [3.05, 3.63) is 35.4 Å². The van der Waals surface area contributed by atoms with E-state index in [1.165, 1.54) is 34.6 Å². The molecule has 0 saturated heterocycles. The largest absolute Gasteiger partial charge is 0.480 e. The van der Waals surface area contributed by atoms with Crippen LogP contribution in [0.15, 0.2) is 24.3 Å². The molecule has 5 N–H and O–H groups in total. The zero-order valence-electron chi connectivity index (χ0n) is 26.7. The van der Waals surface area contributed by atoms with Gasteiger partial charge in [-0.05, 0) is 44.2 Å². The van der Waals surface area contributed by atoms with Crippen LogP contribution in [0.4, 0.5) is 28.4 Å². The molecule has 2 aromatic rings. The van der Waals surface area contributed by atoms with Gasteiger partial charge in [-0.15, -0.1) is 0 Å². The van der Waals surface area contributed by atoms with Crippen LogP contribution >= 0.6 is 0 Å². The Labute approximate surface area is 263 Å². The maximum absolute atomic E-state index is 12.8. The molecular weight excluding hydrogens is 574 g/mol. The molecule has 2 aromatic carbocycles. The number of anilines is 5. The number of fused-ring (bicyclic) bond motifs is 4.